The van der Waals surface area contributed by atoms with Gasteiger partial charge in [-0.05, 0) is 58.0 Å². The van der Waals surface area contributed by atoms with E-state index in [1.54, 1.807) is 0 Å². The van der Waals surface area contributed by atoms with Crippen LogP contribution in [0.2, 0.25) is 0 Å². The van der Waals surface area contributed by atoms with Crippen LogP contribution in [0, 0.1) is 0 Å². The monoisotopic (exact) mass is 380 g/mol. The van der Waals surface area contributed by atoms with Crippen molar-refractivity contribution in [2.45, 2.75) is 64.8 Å². The van der Waals surface area contributed by atoms with Crippen LogP contribution in [0.4, 0.5) is 0 Å². The van der Waals surface area contributed by atoms with Crippen molar-refractivity contribution >= 4 is 0 Å². The Morgan fingerprint density at radius 2 is 2.11 bits per heavy atom. The average molecular weight is 381 g/mol. The average Bonchev–Trinajstić information content (AvgIpc) is 2.68. The molecule has 0 saturated carbocycles. The van der Waals surface area contributed by atoms with Crippen molar-refractivity contribution in [1.82, 2.24) is 19.8 Å². The molecule has 0 spiro atoms. The number of benzene rings is 1. The summed E-state index contributed by atoms with van der Waals surface area (Å²) in [6.45, 7) is 8.20. The number of nitrogens with zero attached hydrogens (tertiary/aromatic N) is 4. The first-order chi connectivity index (χ1) is 13.6. The van der Waals surface area contributed by atoms with E-state index in [1.807, 2.05) is 6.07 Å². The molecule has 1 aromatic heterocycles. The van der Waals surface area contributed by atoms with Crippen molar-refractivity contribution in [2.75, 3.05) is 20.1 Å². The molecule has 0 N–H and O–H groups in total. The quantitative estimate of drug-likeness (QED) is 0.785. The Labute approximate surface area is 168 Å². The number of hydrogen-bond donors (Lipinski definition) is 0. The third-order valence-electron chi connectivity index (χ3n) is 5.71. The zero-order chi connectivity index (χ0) is 19.5. The van der Waals surface area contributed by atoms with E-state index in [-0.39, 0.29) is 6.10 Å². The molecular weight excluding hydrogens is 348 g/mol. The van der Waals surface area contributed by atoms with Gasteiger partial charge in [-0.3, -0.25) is 4.90 Å². The van der Waals surface area contributed by atoms with Crippen molar-refractivity contribution in [3.05, 3.63) is 53.1 Å². The molecule has 0 bridgehead atoms. The standard InChI is InChI=1S/C23H32N4O/c1-17(2)28-20-8-6-7-18(13-20)15-27-11-5-4-9-22(27)23-24-14-19-16-26(3)12-10-21(19)25-23/h6-8,13-14,17,22H,4-5,9-12,15-16H2,1-3H3/t22-/m1/s1. The molecule has 2 aliphatic heterocycles. The molecule has 0 aliphatic carbocycles. The maximum absolute atomic E-state index is 5.88. The van der Waals surface area contributed by atoms with Gasteiger partial charge in [-0.1, -0.05) is 18.6 Å². The summed E-state index contributed by atoms with van der Waals surface area (Å²) in [6.07, 6.45) is 6.93. The second-order valence-electron chi connectivity index (χ2n) is 8.48. The normalized spacial score (nSPS) is 20.9. The van der Waals surface area contributed by atoms with Crippen LogP contribution in [0.3, 0.4) is 0 Å². The van der Waals surface area contributed by atoms with Gasteiger partial charge in [0.25, 0.3) is 0 Å². The van der Waals surface area contributed by atoms with Gasteiger partial charge in [0, 0.05) is 43.5 Å². The van der Waals surface area contributed by atoms with E-state index in [4.69, 9.17) is 14.7 Å². The number of ether oxygens (including phenoxy) is 1. The summed E-state index contributed by atoms with van der Waals surface area (Å²) >= 11 is 0. The molecule has 4 rings (SSSR count). The number of piperidine rings is 1. The molecule has 1 atom stereocenters. The Morgan fingerprint density at radius 1 is 1.21 bits per heavy atom. The fraction of sp³-hybridized carbons (Fsp3) is 0.565. The summed E-state index contributed by atoms with van der Waals surface area (Å²) in [4.78, 5) is 14.7. The van der Waals surface area contributed by atoms with Gasteiger partial charge in [0.15, 0.2) is 0 Å². The lowest BCUT2D eigenvalue weighted by Crippen LogP contribution is -2.35. The molecule has 1 aromatic carbocycles. The van der Waals surface area contributed by atoms with E-state index in [0.717, 1.165) is 50.6 Å². The SMILES string of the molecule is CC(C)Oc1cccc(CN2CCCC[C@@H]2c2ncc3c(n2)CCN(C)C3)c1. The van der Waals surface area contributed by atoms with Gasteiger partial charge in [-0.2, -0.15) is 0 Å². The molecule has 0 amide bonds. The number of hydrogen-bond acceptors (Lipinski definition) is 5. The first-order valence-corrected chi connectivity index (χ1v) is 10.6. The summed E-state index contributed by atoms with van der Waals surface area (Å²) < 4.78 is 5.88. The molecule has 1 fully saturated rings. The molecular formula is C23H32N4O. The fourth-order valence-corrected chi connectivity index (χ4v) is 4.33. The van der Waals surface area contributed by atoms with Gasteiger partial charge in [0.05, 0.1) is 12.1 Å². The zero-order valence-electron chi connectivity index (χ0n) is 17.4. The lowest BCUT2D eigenvalue weighted by atomic mass is 9.99. The van der Waals surface area contributed by atoms with E-state index in [9.17, 15) is 0 Å². The zero-order valence-corrected chi connectivity index (χ0v) is 17.4. The summed E-state index contributed by atoms with van der Waals surface area (Å²) in [5, 5.41) is 0. The number of aromatic nitrogens is 2. The first-order valence-electron chi connectivity index (χ1n) is 10.6. The van der Waals surface area contributed by atoms with Crippen molar-refractivity contribution in [3.63, 3.8) is 0 Å². The van der Waals surface area contributed by atoms with Crippen LogP contribution in [0.5, 0.6) is 5.75 Å². The minimum absolute atomic E-state index is 0.195. The molecule has 5 nitrogen and oxygen atoms in total. The molecule has 0 unspecified atom stereocenters. The molecule has 0 radical (unpaired) electrons. The number of likely N-dealkylation sites (tertiary alicyclic amines) is 1. The highest BCUT2D eigenvalue weighted by Gasteiger charge is 2.27. The van der Waals surface area contributed by atoms with Crippen LogP contribution >= 0.6 is 0 Å². The second kappa shape index (κ2) is 8.58. The second-order valence-corrected chi connectivity index (χ2v) is 8.48. The maximum Gasteiger partial charge on any atom is 0.145 e. The summed E-state index contributed by atoms with van der Waals surface area (Å²) in [6, 6.07) is 8.82. The predicted molar refractivity (Wildman–Crippen MR) is 111 cm³/mol. The third kappa shape index (κ3) is 4.53. The lowest BCUT2D eigenvalue weighted by molar-refractivity contribution is 0.133. The van der Waals surface area contributed by atoms with E-state index >= 15 is 0 Å². The molecule has 150 valence electrons. The van der Waals surface area contributed by atoms with Crippen LogP contribution in [0.25, 0.3) is 0 Å². The molecule has 3 heterocycles. The Balaban J connectivity index is 1.52. The van der Waals surface area contributed by atoms with Crippen LogP contribution in [0.15, 0.2) is 30.5 Å². The minimum atomic E-state index is 0.195. The Hall–Kier alpha value is -1.98. The number of rotatable bonds is 5. The van der Waals surface area contributed by atoms with Gasteiger partial charge in [-0.25, -0.2) is 9.97 Å². The van der Waals surface area contributed by atoms with Crippen molar-refractivity contribution < 1.29 is 4.74 Å². The van der Waals surface area contributed by atoms with Crippen LogP contribution in [-0.4, -0.2) is 46.0 Å². The maximum atomic E-state index is 5.88. The van der Waals surface area contributed by atoms with E-state index < -0.39 is 0 Å². The Kier molecular flexibility index (Phi) is 5.93. The van der Waals surface area contributed by atoms with Crippen molar-refractivity contribution in [2.24, 2.45) is 0 Å². The predicted octanol–water partition coefficient (Wildman–Crippen LogP) is 3.98. The van der Waals surface area contributed by atoms with Gasteiger partial charge in [0.1, 0.15) is 11.6 Å². The summed E-state index contributed by atoms with van der Waals surface area (Å²) in [5.41, 5.74) is 3.84. The van der Waals surface area contributed by atoms with Crippen molar-refractivity contribution in [1.29, 1.82) is 0 Å². The molecule has 28 heavy (non-hydrogen) atoms. The minimum Gasteiger partial charge on any atom is -0.491 e. The smallest absolute Gasteiger partial charge is 0.145 e. The molecule has 5 heteroatoms. The third-order valence-corrected chi connectivity index (χ3v) is 5.71. The highest BCUT2D eigenvalue weighted by atomic mass is 16.5. The molecule has 2 aliphatic rings. The van der Waals surface area contributed by atoms with E-state index in [2.05, 4.69) is 55.1 Å². The van der Waals surface area contributed by atoms with Crippen LogP contribution in [0.1, 0.15) is 61.8 Å². The highest BCUT2D eigenvalue weighted by Crippen LogP contribution is 2.31. The van der Waals surface area contributed by atoms with Crippen LogP contribution < -0.4 is 4.74 Å². The molecule has 1 saturated heterocycles. The van der Waals surface area contributed by atoms with Gasteiger partial charge >= 0.3 is 0 Å². The summed E-state index contributed by atoms with van der Waals surface area (Å²) in [7, 11) is 2.16. The lowest BCUT2D eigenvalue weighted by Gasteiger charge is -2.35. The van der Waals surface area contributed by atoms with E-state index in [0.29, 0.717) is 6.04 Å². The number of fused-ring (bicyclic) bond motifs is 1. The van der Waals surface area contributed by atoms with Gasteiger partial charge < -0.3 is 9.64 Å². The first kappa shape index (κ1) is 19.3. The Bertz CT molecular complexity index is 807. The van der Waals surface area contributed by atoms with Crippen LogP contribution in [-0.2, 0) is 19.5 Å². The number of likely N-dealkylation sites (N-methyl/N-ethyl adjacent to an activating group) is 1. The summed E-state index contributed by atoms with van der Waals surface area (Å²) in [5.74, 6) is 1.97. The van der Waals surface area contributed by atoms with Gasteiger partial charge in [-0.15, -0.1) is 0 Å². The Morgan fingerprint density at radius 3 is 2.96 bits per heavy atom. The molecule has 2 aromatic rings. The van der Waals surface area contributed by atoms with Gasteiger partial charge in [0.2, 0.25) is 0 Å². The highest BCUT2D eigenvalue weighted by molar-refractivity contribution is 5.29. The van der Waals surface area contributed by atoms with E-state index in [1.165, 1.54) is 29.7 Å². The van der Waals surface area contributed by atoms with Crippen molar-refractivity contribution in [3.8, 4) is 5.75 Å². The largest absolute Gasteiger partial charge is 0.491 e. The topological polar surface area (TPSA) is 41.5 Å². The fourth-order valence-electron chi connectivity index (χ4n) is 4.33.